The minimum Gasteiger partial charge on any atom is -0.493 e. The molecule has 0 aromatic heterocycles. The van der Waals surface area contributed by atoms with E-state index in [1.807, 2.05) is 0 Å². The summed E-state index contributed by atoms with van der Waals surface area (Å²) < 4.78 is 58.0. The Balaban J connectivity index is 1.22. The first-order chi connectivity index (χ1) is 25.0. The zero-order chi connectivity index (χ0) is 37.4. The number of aliphatic hydroxyl groups excluding tert-OH is 8. The maximum atomic E-state index is 10.5. The Morgan fingerprint density at radius 1 is 0.519 bits per heavy atom. The molecular formula is C34H46O18. The van der Waals surface area contributed by atoms with Crippen LogP contribution in [0.3, 0.4) is 0 Å². The summed E-state index contributed by atoms with van der Waals surface area (Å²) in [6.45, 7) is -0.604. The van der Waals surface area contributed by atoms with Crippen LogP contribution in [0.4, 0.5) is 0 Å². The number of aliphatic hydroxyl groups is 8. The molecular weight excluding hydrogens is 696 g/mol. The normalized spacial score (nSPS) is 37.3. The number of methoxy groups -OCH3 is 4. The molecule has 0 aliphatic carbocycles. The molecule has 18 nitrogen and oxygen atoms in total. The van der Waals surface area contributed by atoms with Crippen LogP contribution in [-0.2, 0) is 18.9 Å². The summed E-state index contributed by atoms with van der Waals surface area (Å²) in [4.78, 5) is 0. The molecule has 290 valence electrons. The first-order valence-electron chi connectivity index (χ1n) is 16.7. The van der Waals surface area contributed by atoms with Crippen molar-refractivity contribution in [1.29, 1.82) is 0 Å². The van der Waals surface area contributed by atoms with Crippen LogP contribution in [0, 0.1) is 11.8 Å². The maximum Gasteiger partial charge on any atom is 0.229 e. The number of rotatable bonds is 12. The molecule has 0 spiro atoms. The molecule has 4 saturated heterocycles. The number of hydrogen-bond acceptors (Lipinski definition) is 18. The van der Waals surface area contributed by atoms with Crippen LogP contribution in [0.15, 0.2) is 24.3 Å². The molecule has 0 radical (unpaired) electrons. The average Bonchev–Trinajstić information content (AvgIpc) is 3.78. The van der Waals surface area contributed by atoms with Gasteiger partial charge in [-0.2, -0.15) is 0 Å². The summed E-state index contributed by atoms with van der Waals surface area (Å²) in [6, 6.07) is 6.78. The van der Waals surface area contributed by atoms with Crippen LogP contribution in [0.25, 0.3) is 0 Å². The maximum absolute atomic E-state index is 10.5. The topological polar surface area (TPSA) is 254 Å². The van der Waals surface area contributed by atoms with Crippen LogP contribution >= 0.6 is 0 Å². The van der Waals surface area contributed by atoms with E-state index in [9.17, 15) is 40.9 Å². The summed E-state index contributed by atoms with van der Waals surface area (Å²) in [6.07, 6.45) is -15.9. The molecule has 8 N–H and O–H groups in total. The minimum atomic E-state index is -1.65. The minimum absolute atomic E-state index is 0.0541. The van der Waals surface area contributed by atoms with Gasteiger partial charge in [0.05, 0.1) is 67.1 Å². The van der Waals surface area contributed by atoms with Gasteiger partial charge in [0.15, 0.2) is 23.0 Å². The first-order valence-corrected chi connectivity index (χ1v) is 16.7. The van der Waals surface area contributed by atoms with Gasteiger partial charge in [-0.25, -0.2) is 0 Å². The molecule has 0 unspecified atom stereocenters. The van der Waals surface area contributed by atoms with Gasteiger partial charge in [-0.15, -0.1) is 0 Å². The summed E-state index contributed by atoms with van der Waals surface area (Å²) in [5.41, 5.74) is 1.37. The van der Waals surface area contributed by atoms with E-state index in [1.54, 1.807) is 24.3 Å². The third kappa shape index (κ3) is 6.94. The van der Waals surface area contributed by atoms with Gasteiger partial charge in [0, 0.05) is 11.8 Å². The van der Waals surface area contributed by atoms with Gasteiger partial charge < -0.3 is 88.2 Å². The second-order valence-corrected chi connectivity index (χ2v) is 13.0. The highest BCUT2D eigenvalue weighted by molar-refractivity contribution is 5.56. The molecule has 4 heterocycles. The summed E-state index contributed by atoms with van der Waals surface area (Å²) >= 11 is 0. The van der Waals surface area contributed by atoms with Gasteiger partial charge in [-0.3, -0.25) is 0 Å². The van der Waals surface area contributed by atoms with E-state index in [0.717, 1.165) is 0 Å². The highest BCUT2D eigenvalue weighted by atomic mass is 16.7. The molecule has 4 aliphatic rings. The predicted molar refractivity (Wildman–Crippen MR) is 172 cm³/mol. The monoisotopic (exact) mass is 742 g/mol. The molecule has 4 fully saturated rings. The van der Waals surface area contributed by atoms with Gasteiger partial charge in [-0.1, -0.05) is 0 Å². The SMILES string of the molecule is COc1cc([C@@H]2OC[C@@H]3[C@H]2CO[C@H]3c2cc(OC)c(O[C@@H]3O[C@H](CO)[C@@H](O)[C@H](O)[C@H]3O)c(OC)c2)cc(OC)c1O[C@H]1O[C@@H](CO)[C@H](O)[C@@H](O)[C@@H]1O. The lowest BCUT2D eigenvalue weighted by molar-refractivity contribution is -0.277. The van der Waals surface area contributed by atoms with Gasteiger partial charge in [0.1, 0.15) is 48.8 Å². The third-order valence-electron chi connectivity index (χ3n) is 10.1. The molecule has 4 aliphatic heterocycles. The van der Waals surface area contributed by atoms with Gasteiger partial charge in [0.25, 0.3) is 0 Å². The Hall–Kier alpha value is -3.24. The van der Waals surface area contributed by atoms with Crippen molar-refractivity contribution >= 4 is 0 Å². The average molecular weight is 743 g/mol. The molecule has 18 heteroatoms. The van der Waals surface area contributed by atoms with Crippen molar-refractivity contribution in [2.75, 3.05) is 54.9 Å². The van der Waals surface area contributed by atoms with E-state index in [0.29, 0.717) is 24.3 Å². The second-order valence-electron chi connectivity index (χ2n) is 13.0. The highest BCUT2D eigenvalue weighted by Gasteiger charge is 2.50. The van der Waals surface area contributed by atoms with Crippen LogP contribution in [0.1, 0.15) is 23.3 Å². The van der Waals surface area contributed by atoms with E-state index >= 15 is 0 Å². The quantitative estimate of drug-likeness (QED) is 0.119. The molecule has 0 bridgehead atoms. The zero-order valence-electron chi connectivity index (χ0n) is 28.9. The fourth-order valence-electron chi connectivity index (χ4n) is 7.16. The second kappa shape index (κ2) is 16.0. The Bertz CT molecular complexity index is 1360. The van der Waals surface area contributed by atoms with Crippen molar-refractivity contribution in [3.63, 3.8) is 0 Å². The molecule has 2 aromatic rings. The zero-order valence-corrected chi connectivity index (χ0v) is 28.9. The molecule has 52 heavy (non-hydrogen) atoms. The van der Waals surface area contributed by atoms with E-state index in [1.165, 1.54) is 28.4 Å². The first kappa shape index (κ1) is 38.5. The lowest BCUT2D eigenvalue weighted by Crippen LogP contribution is -2.60. The Kier molecular flexibility index (Phi) is 11.8. The number of fused-ring (bicyclic) bond motifs is 1. The van der Waals surface area contributed by atoms with E-state index in [4.69, 9.17) is 47.4 Å². The largest absolute Gasteiger partial charge is 0.493 e. The summed E-state index contributed by atoms with van der Waals surface area (Å²) in [5.74, 6) is 0.683. The molecule has 14 atom stereocenters. The van der Waals surface area contributed by atoms with Crippen LogP contribution in [0.5, 0.6) is 34.5 Å². The summed E-state index contributed by atoms with van der Waals surface area (Å²) in [5, 5.41) is 81.0. The van der Waals surface area contributed by atoms with Crippen LogP contribution < -0.4 is 28.4 Å². The summed E-state index contributed by atoms with van der Waals surface area (Å²) in [7, 11) is 5.66. The Labute approximate surface area is 298 Å². The Morgan fingerprint density at radius 2 is 0.846 bits per heavy atom. The van der Waals surface area contributed by atoms with E-state index in [2.05, 4.69) is 0 Å². The lowest BCUT2D eigenvalue weighted by atomic mass is 9.84. The number of hydrogen-bond donors (Lipinski definition) is 8. The van der Waals surface area contributed by atoms with E-state index < -0.39 is 86.8 Å². The standard InChI is InChI=1S/C34H46O18/c1-43-17-5-13(6-18(44-2)31(17)51-33-27(41)25(39)23(37)21(9-35)49-33)29-15-11-48-30(16(15)12-47-29)14-7-19(45-3)32(20(8-14)46-4)52-34-28(42)26(40)24(38)22(10-36)50-34/h5-8,15-16,21-30,33-42H,9-12H2,1-4H3/t15-,16-,21-,22+,23-,24+,25+,26-,27-,28+,29+,30+,33+,34-/m1/s1. The number of benzene rings is 2. The molecule has 0 amide bonds. The molecule has 0 saturated carbocycles. The molecule has 2 aromatic carbocycles. The fourth-order valence-corrected chi connectivity index (χ4v) is 7.16. The van der Waals surface area contributed by atoms with Gasteiger partial charge in [-0.05, 0) is 35.4 Å². The van der Waals surface area contributed by atoms with Crippen molar-refractivity contribution in [2.24, 2.45) is 11.8 Å². The Morgan fingerprint density at radius 3 is 1.13 bits per heavy atom. The highest BCUT2D eigenvalue weighted by Crippen LogP contribution is 2.54. The van der Waals surface area contributed by atoms with Crippen molar-refractivity contribution in [1.82, 2.24) is 0 Å². The van der Waals surface area contributed by atoms with Gasteiger partial charge in [0.2, 0.25) is 24.1 Å². The van der Waals surface area contributed by atoms with Crippen molar-refractivity contribution in [2.45, 2.75) is 73.6 Å². The predicted octanol–water partition coefficient (Wildman–Crippen LogP) is -1.85. The third-order valence-corrected chi connectivity index (χ3v) is 10.1. The fraction of sp³-hybridized carbons (Fsp3) is 0.647. The van der Waals surface area contributed by atoms with E-state index in [-0.39, 0.29) is 46.3 Å². The van der Waals surface area contributed by atoms with Crippen LogP contribution in [0.2, 0.25) is 0 Å². The smallest absolute Gasteiger partial charge is 0.229 e. The number of ether oxygens (including phenoxy) is 10. The van der Waals surface area contributed by atoms with Gasteiger partial charge >= 0.3 is 0 Å². The van der Waals surface area contributed by atoms with Crippen LogP contribution in [-0.4, -0.2) is 157 Å². The van der Waals surface area contributed by atoms with Crippen molar-refractivity contribution < 1.29 is 88.2 Å². The molecule has 6 rings (SSSR count). The van der Waals surface area contributed by atoms with Crippen molar-refractivity contribution in [3.05, 3.63) is 35.4 Å². The van der Waals surface area contributed by atoms with Crippen molar-refractivity contribution in [3.8, 4) is 34.5 Å². The lowest BCUT2D eigenvalue weighted by Gasteiger charge is -2.39.